The molecule has 4 aromatic rings. The van der Waals surface area contributed by atoms with Crippen LogP contribution < -0.4 is 16.6 Å². The number of pyridine rings is 1. The van der Waals surface area contributed by atoms with Crippen LogP contribution in [0.15, 0.2) is 71.7 Å². The van der Waals surface area contributed by atoms with Gasteiger partial charge in [-0.1, -0.05) is 36.4 Å². The zero-order chi connectivity index (χ0) is 21.8. The molecule has 0 aliphatic rings. The zero-order valence-corrected chi connectivity index (χ0v) is 17.4. The van der Waals surface area contributed by atoms with Crippen molar-refractivity contribution in [3.8, 4) is 22.6 Å². The predicted molar refractivity (Wildman–Crippen MR) is 121 cm³/mol. The molecule has 0 fully saturated rings. The van der Waals surface area contributed by atoms with E-state index in [1.807, 2.05) is 62.4 Å². The Morgan fingerprint density at radius 2 is 1.74 bits per heavy atom. The minimum absolute atomic E-state index is 0.0869. The molecule has 0 spiro atoms. The number of hydrogen-bond donors (Lipinski definition) is 2. The van der Waals surface area contributed by atoms with Crippen LogP contribution in [0.1, 0.15) is 25.6 Å². The van der Waals surface area contributed by atoms with Gasteiger partial charge in [-0.25, -0.2) is 14.6 Å². The summed E-state index contributed by atoms with van der Waals surface area (Å²) >= 11 is 0. The van der Waals surface area contributed by atoms with Crippen LogP contribution in [0.5, 0.6) is 0 Å². The van der Waals surface area contributed by atoms with Crippen molar-refractivity contribution in [2.24, 2.45) is 0 Å². The van der Waals surface area contributed by atoms with Crippen molar-refractivity contribution in [1.82, 2.24) is 24.7 Å². The SMILES string of the molecule is CC(C)n1nc(-c2nc(NCc3ccccn3)c(N)nc2-c2ccccc2)ccc1=O. The van der Waals surface area contributed by atoms with Crippen LogP contribution in [-0.2, 0) is 6.54 Å². The molecule has 0 unspecified atom stereocenters. The number of nitrogens with zero attached hydrogens (tertiary/aromatic N) is 5. The molecular formula is C23H23N7O. The van der Waals surface area contributed by atoms with Crippen LogP contribution in [0.3, 0.4) is 0 Å². The summed E-state index contributed by atoms with van der Waals surface area (Å²) in [5, 5.41) is 7.75. The van der Waals surface area contributed by atoms with Crippen molar-refractivity contribution in [2.75, 3.05) is 11.1 Å². The van der Waals surface area contributed by atoms with Gasteiger partial charge >= 0.3 is 0 Å². The first-order chi connectivity index (χ1) is 15.0. The molecule has 0 aliphatic heterocycles. The van der Waals surface area contributed by atoms with Crippen LogP contribution in [0.2, 0.25) is 0 Å². The van der Waals surface area contributed by atoms with Crippen molar-refractivity contribution in [3.63, 3.8) is 0 Å². The molecule has 8 nitrogen and oxygen atoms in total. The van der Waals surface area contributed by atoms with Crippen molar-refractivity contribution < 1.29 is 0 Å². The van der Waals surface area contributed by atoms with E-state index >= 15 is 0 Å². The molecule has 0 bridgehead atoms. The second-order valence-corrected chi connectivity index (χ2v) is 7.29. The van der Waals surface area contributed by atoms with E-state index in [-0.39, 0.29) is 17.4 Å². The molecule has 0 radical (unpaired) electrons. The minimum atomic E-state index is -0.170. The van der Waals surface area contributed by atoms with Crippen LogP contribution in [-0.4, -0.2) is 24.7 Å². The lowest BCUT2D eigenvalue weighted by molar-refractivity contribution is 0.504. The number of hydrogen-bond acceptors (Lipinski definition) is 7. The summed E-state index contributed by atoms with van der Waals surface area (Å²) in [6.45, 7) is 4.26. The molecule has 31 heavy (non-hydrogen) atoms. The third-order valence-electron chi connectivity index (χ3n) is 4.69. The Balaban J connectivity index is 1.82. The predicted octanol–water partition coefficient (Wildman–Crippen LogP) is 3.54. The van der Waals surface area contributed by atoms with E-state index < -0.39 is 0 Å². The van der Waals surface area contributed by atoms with E-state index in [0.717, 1.165) is 11.3 Å². The highest BCUT2D eigenvalue weighted by Gasteiger charge is 2.18. The summed E-state index contributed by atoms with van der Waals surface area (Å²) < 4.78 is 1.43. The topological polar surface area (TPSA) is 112 Å². The largest absolute Gasteiger partial charge is 0.381 e. The molecule has 0 saturated carbocycles. The van der Waals surface area contributed by atoms with Gasteiger partial charge in [-0.15, -0.1) is 0 Å². The van der Waals surface area contributed by atoms with Gasteiger partial charge in [0.1, 0.15) is 17.1 Å². The maximum absolute atomic E-state index is 12.2. The van der Waals surface area contributed by atoms with Crippen LogP contribution in [0.4, 0.5) is 11.6 Å². The van der Waals surface area contributed by atoms with Gasteiger partial charge in [-0.05, 0) is 32.0 Å². The number of aromatic nitrogens is 5. The number of nitrogen functional groups attached to an aromatic ring is 1. The summed E-state index contributed by atoms with van der Waals surface area (Å²) in [4.78, 5) is 25.9. The molecule has 0 amide bonds. The first-order valence-electron chi connectivity index (χ1n) is 10.00. The quantitative estimate of drug-likeness (QED) is 0.497. The molecule has 156 valence electrons. The summed E-state index contributed by atoms with van der Waals surface area (Å²) in [6.07, 6.45) is 1.73. The Hall–Kier alpha value is -4.07. The lowest BCUT2D eigenvalue weighted by Crippen LogP contribution is -2.24. The van der Waals surface area contributed by atoms with Crippen molar-refractivity contribution in [3.05, 3.63) is 82.9 Å². The molecule has 0 saturated heterocycles. The standard InChI is InChI=1S/C23H23N7O/c1-15(2)30-19(31)12-11-18(29-30)21-20(16-8-4-3-5-9-16)27-22(24)23(28-21)26-14-17-10-6-7-13-25-17/h3-13,15H,14H2,1-2H3,(H2,24,27)(H,26,28). The third-order valence-corrected chi connectivity index (χ3v) is 4.69. The number of nitrogens with one attached hydrogen (secondary N) is 1. The average Bonchev–Trinajstić information content (AvgIpc) is 2.79. The highest BCUT2D eigenvalue weighted by atomic mass is 16.1. The van der Waals surface area contributed by atoms with Gasteiger partial charge in [-0.2, -0.15) is 5.10 Å². The lowest BCUT2D eigenvalue weighted by atomic mass is 10.1. The Bertz CT molecular complexity index is 1240. The fourth-order valence-electron chi connectivity index (χ4n) is 3.15. The highest BCUT2D eigenvalue weighted by molar-refractivity contribution is 5.79. The normalized spacial score (nSPS) is 10.9. The second-order valence-electron chi connectivity index (χ2n) is 7.29. The van der Waals surface area contributed by atoms with E-state index in [1.165, 1.54) is 10.7 Å². The Morgan fingerprint density at radius 3 is 2.45 bits per heavy atom. The first-order valence-corrected chi connectivity index (χ1v) is 10.00. The maximum Gasteiger partial charge on any atom is 0.267 e. The summed E-state index contributed by atoms with van der Waals surface area (Å²) in [5.41, 5.74) is 9.46. The van der Waals surface area contributed by atoms with Gasteiger partial charge in [-0.3, -0.25) is 9.78 Å². The molecule has 3 N–H and O–H groups in total. The number of rotatable bonds is 6. The number of benzene rings is 1. The third kappa shape index (κ3) is 4.42. The number of anilines is 2. The number of nitrogens with two attached hydrogens (primary N) is 1. The Kier molecular flexibility index (Phi) is 5.70. The summed E-state index contributed by atoms with van der Waals surface area (Å²) in [6, 6.07) is 18.4. The first kappa shape index (κ1) is 20.2. The minimum Gasteiger partial charge on any atom is -0.381 e. The van der Waals surface area contributed by atoms with Crippen LogP contribution in [0.25, 0.3) is 22.6 Å². The highest BCUT2D eigenvalue weighted by Crippen LogP contribution is 2.31. The van der Waals surface area contributed by atoms with E-state index in [0.29, 0.717) is 29.4 Å². The smallest absolute Gasteiger partial charge is 0.267 e. The molecule has 0 atom stereocenters. The van der Waals surface area contributed by atoms with Gasteiger partial charge < -0.3 is 11.1 Å². The molecule has 8 heteroatoms. The monoisotopic (exact) mass is 413 g/mol. The Labute approximate surface area is 179 Å². The molecular weight excluding hydrogens is 390 g/mol. The van der Waals surface area contributed by atoms with Gasteiger partial charge in [0.15, 0.2) is 11.6 Å². The van der Waals surface area contributed by atoms with E-state index in [4.69, 9.17) is 10.7 Å². The van der Waals surface area contributed by atoms with Gasteiger partial charge in [0.05, 0.1) is 18.3 Å². The van der Waals surface area contributed by atoms with Gasteiger partial charge in [0, 0.05) is 17.8 Å². The Morgan fingerprint density at radius 1 is 0.968 bits per heavy atom. The second kappa shape index (κ2) is 8.74. The van der Waals surface area contributed by atoms with Gasteiger partial charge in [0.25, 0.3) is 5.56 Å². The average molecular weight is 413 g/mol. The van der Waals surface area contributed by atoms with Crippen LogP contribution >= 0.6 is 0 Å². The van der Waals surface area contributed by atoms with Crippen molar-refractivity contribution in [2.45, 2.75) is 26.4 Å². The van der Waals surface area contributed by atoms with E-state index in [1.54, 1.807) is 12.3 Å². The molecule has 1 aromatic carbocycles. The molecule has 4 rings (SSSR count). The fraction of sp³-hybridized carbons (Fsp3) is 0.174. The molecule has 3 aromatic heterocycles. The fourth-order valence-corrected chi connectivity index (χ4v) is 3.15. The maximum atomic E-state index is 12.2. The van der Waals surface area contributed by atoms with Crippen LogP contribution in [0, 0.1) is 0 Å². The zero-order valence-electron chi connectivity index (χ0n) is 17.4. The van der Waals surface area contributed by atoms with Crippen molar-refractivity contribution in [1.29, 1.82) is 0 Å². The summed E-state index contributed by atoms with van der Waals surface area (Å²) in [7, 11) is 0. The van der Waals surface area contributed by atoms with Crippen molar-refractivity contribution >= 4 is 11.6 Å². The molecule has 3 heterocycles. The lowest BCUT2D eigenvalue weighted by Gasteiger charge is -2.15. The van der Waals surface area contributed by atoms with E-state index in [2.05, 4.69) is 20.4 Å². The van der Waals surface area contributed by atoms with E-state index in [9.17, 15) is 4.79 Å². The summed E-state index contributed by atoms with van der Waals surface area (Å²) in [5.74, 6) is 0.708. The molecule has 0 aliphatic carbocycles. The van der Waals surface area contributed by atoms with Gasteiger partial charge in [0.2, 0.25) is 0 Å².